The Bertz CT molecular complexity index is 342. The van der Waals surface area contributed by atoms with Crippen molar-refractivity contribution in [3.8, 4) is 0 Å². The lowest BCUT2D eigenvalue weighted by Gasteiger charge is -2.28. The molecule has 0 aromatic carbocycles. The minimum atomic E-state index is -0.162. The van der Waals surface area contributed by atoms with Gasteiger partial charge in [0.05, 0.1) is 6.10 Å². The maximum atomic E-state index is 11.9. The van der Waals surface area contributed by atoms with Gasteiger partial charge in [-0.3, -0.25) is 0 Å². The first-order chi connectivity index (χ1) is 8.83. The Morgan fingerprint density at radius 1 is 1.22 bits per heavy atom. The van der Waals surface area contributed by atoms with E-state index in [9.17, 15) is 4.79 Å². The highest BCUT2D eigenvalue weighted by Crippen LogP contribution is 2.36. The average Bonchev–Trinajstić information content (AvgIpc) is 3.13. The van der Waals surface area contributed by atoms with Crippen LogP contribution >= 0.6 is 0 Å². The summed E-state index contributed by atoms with van der Waals surface area (Å²) in [6.07, 6.45) is 6.74. The Labute approximate surface area is 108 Å². The third-order valence-corrected chi connectivity index (χ3v) is 4.04. The Kier molecular flexibility index (Phi) is 3.55. The Morgan fingerprint density at radius 2 is 1.94 bits per heavy atom. The predicted molar refractivity (Wildman–Crippen MR) is 67.4 cm³/mol. The highest BCUT2D eigenvalue weighted by atomic mass is 16.6. The molecule has 0 aromatic heterocycles. The third kappa shape index (κ3) is 2.86. The predicted octanol–water partition coefficient (Wildman–Crippen LogP) is 2.49. The normalized spacial score (nSPS) is 27.6. The van der Waals surface area contributed by atoms with Crippen LogP contribution in [0.5, 0.6) is 0 Å². The largest absolute Gasteiger partial charge is 0.447 e. The van der Waals surface area contributed by atoms with Gasteiger partial charge in [0.25, 0.3) is 0 Å². The van der Waals surface area contributed by atoms with E-state index >= 15 is 0 Å². The van der Waals surface area contributed by atoms with E-state index in [-0.39, 0.29) is 12.2 Å². The van der Waals surface area contributed by atoms with Crippen molar-refractivity contribution in [3.63, 3.8) is 0 Å². The molecule has 0 aromatic rings. The van der Waals surface area contributed by atoms with E-state index in [1.165, 1.54) is 12.8 Å². The van der Waals surface area contributed by atoms with Gasteiger partial charge in [-0.15, -0.1) is 0 Å². The van der Waals surface area contributed by atoms with Crippen molar-refractivity contribution in [1.29, 1.82) is 0 Å². The zero-order valence-electron chi connectivity index (χ0n) is 10.8. The van der Waals surface area contributed by atoms with Crippen LogP contribution in [-0.4, -0.2) is 43.4 Å². The van der Waals surface area contributed by atoms with Gasteiger partial charge >= 0.3 is 6.09 Å². The van der Waals surface area contributed by atoms with E-state index in [4.69, 9.17) is 9.47 Å². The van der Waals surface area contributed by atoms with Gasteiger partial charge in [0.1, 0.15) is 6.61 Å². The molecule has 2 aliphatic heterocycles. The summed E-state index contributed by atoms with van der Waals surface area (Å²) in [6, 6.07) is 0. The van der Waals surface area contributed by atoms with E-state index in [0.717, 1.165) is 45.4 Å². The number of ether oxygens (including phenoxy) is 2. The van der Waals surface area contributed by atoms with E-state index in [1.807, 2.05) is 4.90 Å². The maximum absolute atomic E-state index is 11.9. The summed E-state index contributed by atoms with van der Waals surface area (Å²) < 4.78 is 10.8. The second-order valence-electron chi connectivity index (χ2n) is 5.41. The minimum Gasteiger partial charge on any atom is -0.447 e. The lowest BCUT2D eigenvalue weighted by molar-refractivity contribution is 0.0291. The molecule has 3 rings (SSSR count). The average molecular weight is 251 g/mol. The fraction of sp³-hybridized carbons (Fsp3) is 0.786. The molecular formula is C14H21NO3. The molecule has 18 heavy (non-hydrogen) atoms. The molecule has 1 aliphatic carbocycles. The van der Waals surface area contributed by atoms with Gasteiger partial charge in [-0.05, 0) is 38.5 Å². The summed E-state index contributed by atoms with van der Waals surface area (Å²) >= 11 is 0. The van der Waals surface area contributed by atoms with Crippen molar-refractivity contribution in [3.05, 3.63) is 11.1 Å². The molecule has 1 amide bonds. The Balaban J connectivity index is 1.41. The smallest absolute Gasteiger partial charge is 0.409 e. The molecule has 0 spiro atoms. The van der Waals surface area contributed by atoms with Crippen LogP contribution in [0.25, 0.3) is 0 Å². The molecule has 3 aliphatic rings. The van der Waals surface area contributed by atoms with Crippen molar-refractivity contribution in [2.75, 3.05) is 26.3 Å². The molecule has 4 heteroatoms. The number of allylic oxidation sites excluding steroid dienone is 1. The number of hydrogen-bond donors (Lipinski definition) is 0. The lowest BCUT2D eigenvalue weighted by Crippen LogP contribution is -2.37. The van der Waals surface area contributed by atoms with E-state index in [0.29, 0.717) is 6.61 Å². The van der Waals surface area contributed by atoms with Crippen LogP contribution in [0.4, 0.5) is 4.79 Å². The van der Waals surface area contributed by atoms with Crippen molar-refractivity contribution < 1.29 is 14.3 Å². The van der Waals surface area contributed by atoms with Crippen molar-refractivity contribution in [1.82, 2.24) is 4.90 Å². The standard InChI is InChI=1S/C14H21NO3/c16-14(18-10-13-2-1-9-17-13)15-7-5-12(6-8-15)11-3-4-11/h13H,1-10H2. The van der Waals surface area contributed by atoms with E-state index < -0.39 is 0 Å². The van der Waals surface area contributed by atoms with Crippen LogP contribution in [-0.2, 0) is 9.47 Å². The van der Waals surface area contributed by atoms with Gasteiger partial charge in [0, 0.05) is 19.7 Å². The van der Waals surface area contributed by atoms with Crippen LogP contribution in [0.15, 0.2) is 11.1 Å². The topological polar surface area (TPSA) is 38.8 Å². The number of amides is 1. The Hall–Kier alpha value is -1.03. The molecule has 100 valence electrons. The first-order valence-corrected chi connectivity index (χ1v) is 7.06. The minimum absolute atomic E-state index is 0.128. The number of likely N-dealkylation sites (tertiary alicyclic amines) is 1. The molecule has 1 unspecified atom stereocenters. The van der Waals surface area contributed by atoms with Crippen LogP contribution in [0.3, 0.4) is 0 Å². The summed E-state index contributed by atoms with van der Waals surface area (Å²) in [4.78, 5) is 13.7. The zero-order chi connectivity index (χ0) is 12.4. The molecule has 3 fully saturated rings. The molecule has 1 saturated carbocycles. The van der Waals surface area contributed by atoms with Crippen LogP contribution < -0.4 is 0 Å². The fourth-order valence-electron chi connectivity index (χ4n) is 2.76. The van der Waals surface area contributed by atoms with Crippen LogP contribution in [0.2, 0.25) is 0 Å². The van der Waals surface area contributed by atoms with Crippen molar-refractivity contribution >= 4 is 6.09 Å². The number of carbonyl (C=O) groups is 1. The van der Waals surface area contributed by atoms with Crippen LogP contribution in [0.1, 0.15) is 38.5 Å². The van der Waals surface area contributed by atoms with Crippen molar-refractivity contribution in [2.45, 2.75) is 44.6 Å². The first-order valence-electron chi connectivity index (χ1n) is 7.06. The molecule has 1 atom stereocenters. The maximum Gasteiger partial charge on any atom is 0.409 e. The summed E-state index contributed by atoms with van der Waals surface area (Å²) in [5.74, 6) is 0. The summed E-state index contributed by atoms with van der Waals surface area (Å²) in [5.41, 5.74) is 3.24. The molecule has 0 radical (unpaired) electrons. The summed E-state index contributed by atoms with van der Waals surface area (Å²) in [6.45, 7) is 2.87. The van der Waals surface area contributed by atoms with Gasteiger partial charge in [-0.25, -0.2) is 4.79 Å². The number of carbonyl (C=O) groups excluding carboxylic acids is 1. The third-order valence-electron chi connectivity index (χ3n) is 4.04. The fourth-order valence-corrected chi connectivity index (χ4v) is 2.76. The van der Waals surface area contributed by atoms with Gasteiger partial charge in [0.15, 0.2) is 0 Å². The first kappa shape index (κ1) is 12.0. The van der Waals surface area contributed by atoms with Gasteiger partial charge in [0.2, 0.25) is 0 Å². The van der Waals surface area contributed by atoms with E-state index in [2.05, 4.69) is 0 Å². The molecule has 2 saturated heterocycles. The molecule has 2 heterocycles. The van der Waals surface area contributed by atoms with Gasteiger partial charge < -0.3 is 14.4 Å². The van der Waals surface area contributed by atoms with Gasteiger partial charge in [-0.2, -0.15) is 0 Å². The zero-order valence-corrected chi connectivity index (χ0v) is 10.8. The van der Waals surface area contributed by atoms with Gasteiger partial charge in [-0.1, -0.05) is 11.1 Å². The van der Waals surface area contributed by atoms with Crippen LogP contribution in [0, 0.1) is 0 Å². The quantitative estimate of drug-likeness (QED) is 0.708. The monoisotopic (exact) mass is 251 g/mol. The van der Waals surface area contributed by atoms with Crippen molar-refractivity contribution in [2.24, 2.45) is 0 Å². The number of piperidine rings is 1. The molecule has 0 N–H and O–H groups in total. The second kappa shape index (κ2) is 5.31. The number of rotatable bonds is 2. The Morgan fingerprint density at radius 3 is 2.56 bits per heavy atom. The van der Waals surface area contributed by atoms with E-state index in [1.54, 1.807) is 11.1 Å². The highest BCUT2D eigenvalue weighted by molar-refractivity contribution is 5.68. The molecular weight excluding hydrogens is 230 g/mol. The lowest BCUT2D eigenvalue weighted by atomic mass is 10.0. The summed E-state index contributed by atoms with van der Waals surface area (Å²) in [7, 11) is 0. The number of hydrogen-bond acceptors (Lipinski definition) is 3. The summed E-state index contributed by atoms with van der Waals surface area (Å²) in [5, 5.41) is 0. The molecule has 4 nitrogen and oxygen atoms in total. The highest BCUT2D eigenvalue weighted by Gasteiger charge is 2.26. The number of nitrogens with zero attached hydrogens (tertiary/aromatic N) is 1. The SMILES string of the molecule is O=C(OCC1CCCO1)N1CCC(=C2CC2)CC1. The molecule has 0 bridgehead atoms. The second-order valence-corrected chi connectivity index (χ2v) is 5.41.